The first-order valence-corrected chi connectivity index (χ1v) is 8.43. The fraction of sp³-hybridized carbons (Fsp3) is 0.933. The lowest BCUT2D eigenvalue weighted by atomic mass is 10.1. The second-order valence-electron chi connectivity index (χ2n) is 5.11. The molecule has 0 bridgehead atoms. The highest BCUT2D eigenvalue weighted by Gasteiger charge is 1.94. The van der Waals surface area contributed by atoms with Gasteiger partial charge in [-0.2, -0.15) is 0 Å². The van der Waals surface area contributed by atoms with Gasteiger partial charge in [0.1, 0.15) is 0 Å². The van der Waals surface area contributed by atoms with Crippen LogP contribution in [0.4, 0.5) is 0 Å². The summed E-state index contributed by atoms with van der Waals surface area (Å²) < 4.78 is 0. The van der Waals surface area contributed by atoms with Gasteiger partial charge >= 0.3 is 0 Å². The number of unbranched alkanes of at least 4 members (excludes halogenated alkanes) is 9. The van der Waals surface area contributed by atoms with E-state index in [4.69, 9.17) is 18.0 Å². The zero-order chi connectivity index (χ0) is 14.2. The quantitative estimate of drug-likeness (QED) is 0.359. The Morgan fingerprint density at radius 1 is 0.789 bits per heavy atom. The van der Waals surface area contributed by atoms with Crippen LogP contribution in [0.5, 0.6) is 0 Å². The molecule has 0 atom stereocenters. The maximum Gasteiger partial charge on any atom is 0.166 e. The van der Waals surface area contributed by atoms with Gasteiger partial charge in [-0.1, -0.05) is 51.4 Å². The predicted molar refractivity (Wildman–Crippen MR) is 89.5 cm³/mol. The molecule has 0 rings (SSSR count). The molecule has 19 heavy (non-hydrogen) atoms. The van der Waals surface area contributed by atoms with Crippen molar-refractivity contribution in [2.45, 2.75) is 71.1 Å². The Balaban J connectivity index is 3.01. The number of rotatable bonds is 13. The van der Waals surface area contributed by atoms with Crippen molar-refractivity contribution in [1.82, 2.24) is 10.6 Å². The lowest BCUT2D eigenvalue weighted by molar-refractivity contribution is 0.551. The van der Waals surface area contributed by atoms with Crippen molar-refractivity contribution in [1.29, 1.82) is 0 Å². The van der Waals surface area contributed by atoms with Gasteiger partial charge in [-0.3, -0.25) is 0 Å². The Bertz CT molecular complexity index is 198. The summed E-state index contributed by atoms with van der Waals surface area (Å²) in [6, 6.07) is 0. The zero-order valence-corrected chi connectivity index (χ0v) is 13.5. The van der Waals surface area contributed by atoms with Crippen molar-refractivity contribution in [3.63, 3.8) is 0 Å². The molecule has 0 amide bonds. The van der Waals surface area contributed by atoms with Crippen LogP contribution >= 0.6 is 12.2 Å². The van der Waals surface area contributed by atoms with Gasteiger partial charge in [-0.15, -0.1) is 0 Å². The molecular formula is C15H33N3S. The van der Waals surface area contributed by atoms with Crippen molar-refractivity contribution in [3.05, 3.63) is 0 Å². The van der Waals surface area contributed by atoms with Crippen molar-refractivity contribution >= 4 is 17.3 Å². The molecule has 0 aliphatic rings. The smallest absolute Gasteiger partial charge is 0.166 e. The Kier molecular flexibility index (Phi) is 15.4. The normalized spacial score (nSPS) is 10.4. The van der Waals surface area contributed by atoms with Crippen LogP contribution in [0.2, 0.25) is 0 Å². The lowest BCUT2D eigenvalue weighted by Gasteiger charge is -2.08. The van der Waals surface area contributed by atoms with Crippen LogP contribution in [0.3, 0.4) is 0 Å². The molecule has 0 aromatic carbocycles. The van der Waals surface area contributed by atoms with E-state index in [1.165, 1.54) is 64.2 Å². The molecule has 0 unspecified atom stereocenters. The molecule has 4 heteroatoms. The van der Waals surface area contributed by atoms with E-state index in [2.05, 4.69) is 17.6 Å². The first-order chi connectivity index (χ1) is 9.31. The van der Waals surface area contributed by atoms with Gasteiger partial charge in [-0.25, -0.2) is 0 Å². The van der Waals surface area contributed by atoms with E-state index >= 15 is 0 Å². The van der Waals surface area contributed by atoms with Crippen LogP contribution in [0.15, 0.2) is 0 Å². The molecule has 0 aromatic rings. The van der Waals surface area contributed by atoms with Gasteiger partial charge in [-0.05, 0) is 38.5 Å². The summed E-state index contributed by atoms with van der Waals surface area (Å²) in [5.74, 6) is 0. The Morgan fingerprint density at radius 2 is 1.26 bits per heavy atom. The molecular weight excluding hydrogens is 254 g/mol. The number of hydrogen-bond donors (Lipinski definition) is 3. The van der Waals surface area contributed by atoms with E-state index < -0.39 is 0 Å². The third-order valence-corrected chi connectivity index (χ3v) is 3.54. The van der Waals surface area contributed by atoms with Crippen LogP contribution < -0.4 is 16.4 Å². The summed E-state index contributed by atoms with van der Waals surface area (Å²) in [7, 11) is 0. The SMILES string of the molecule is CCNC(=S)NCCCCCCCCCCCCN. The predicted octanol–water partition coefficient (Wildman–Crippen LogP) is 3.33. The Morgan fingerprint density at radius 3 is 1.74 bits per heavy atom. The van der Waals surface area contributed by atoms with Crippen LogP contribution in [0, 0.1) is 0 Å². The maximum atomic E-state index is 5.47. The first-order valence-electron chi connectivity index (χ1n) is 8.03. The van der Waals surface area contributed by atoms with E-state index in [0.717, 1.165) is 24.7 Å². The molecule has 0 aromatic heterocycles. The third kappa shape index (κ3) is 15.6. The minimum Gasteiger partial charge on any atom is -0.363 e. The molecule has 0 spiro atoms. The topological polar surface area (TPSA) is 50.1 Å². The minimum atomic E-state index is 0.792. The van der Waals surface area contributed by atoms with Crippen LogP contribution in [-0.4, -0.2) is 24.7 Å². The summed E-state index contributed by atoms with van der Waals surface area (Å²) in [6.45, 7) is 4.82. The van der Waals surface area contributed by atoms with Crippen molar-refractivity contribution in [2.24, 2.45) is 5.73 Å². The third-order valence-electron chi connectivity index (χ3n) is 3.25. The van der Waals surface area contributed by atoms with Gasteiger partial charge < -0.3 is 16.4 Å². The molecule has 0 saturated carbocycles. The van der Waals surface area contributed by atoms with E-state index in [9.17, 15) is 0 Å². The molecule has 0 heterocycles. The van der Waals surface area contributed by atoms with E-state index in [1.54, 1.807) is 0 Å². The molecule has 4 N–H and O–H groups in total. The van der Waals surface area contributed by atoms with E-state index in [1.807, 2.05) is 0 Å². The number of nitrogens with one attached hydrogen (secondary N) is 2. The molecule has 0 aliphatic heterocycles. The molecule has 0 radical (unpaired) electrons. The first kappa shape index (κ1) is 18.7. The molecule has 114 valence electrons. The fourth-order valence-corrected chi connectivity index (χ4v) is 2.35. The van der Waals surface area contributed by atoms with Crippen LogP contribution in [-0.2, 0) is 0 Å². The lowest BCUT2D eigenvalue weighted by Crippen LogP contribution is -2.35. The highest BCUT2D eigenvalue weighted by molar-refractivity contribution is 7.80. The van der Waals surface area contributed by atoms with E-state index in [0.29, 0.717) is 0 Å². The fourth-order valence-electron chi connectivity index (χ4n) is 2.11. The highest BCUT2D eigenvalue weighted by atomic mass is 32.1. The van der Waals surface area contributed by atoms with E-state index in [-0.39, 0.29) is 0 Å². The van der Waals surface area contributed by atoms with Crippen molar-refractivity contribution in [3.8, 4) is 0 Å². The average Bonchev–Trinajstić information content (AvgIpc) is 2.40. The number of hydrogen-bond acceptors (Lipinski definition) is 2. The van der Waals surface area contributed by atoms with Crippen molar-refractivity contribution in [2.75, 3.05) is 19.6 Å². The summed E-state index contributed by atoms with van der Waals surface area (Å²) >= 11 is 5.10. The highest BCUT2D eigenvalue weighted by Crippen LogP contribution is 2.10. The molecule has 0 fully saturated rings. The molecule has 0 saturated heterocycles. The van der Waals surface area contributed by atoms with Gasteiger partial charge in [0, 0.05) is 13.1 Å². The summed E-state index contributed by atoms with van der Waals surface area (Å²) in [4.78, 5) is 0. The standard InChI is InChI=1S/C15H33N3S/c1-2-17-15(19)18-14-12-10-8-6-4-3-5-7-9-11-13-16/h2-14,16H2,1H3,(H2,17,18,19). The largest absolute Gasteiger partial charge is 0.363 e. The average molecular weight is 288 g/mol. The second-order valence-corrected chi connectivity index (χ2v) is 5.52. The van der Waals surface area contributed by atoms with Gasteiger partial charge in [0.25, 0.3) is 0 Å². The van der Waals surface area contributed by atoms with Gasteiger partial charge in [0.15, 0.2) is 5.11 Å². The van der Waals surface area contributed by atoms with Gasteiger partial charge in [0.05, 0.1) is 0 Å². The molecule has 0 aliphatic carbocycles. The zero-order valence-electron chi connectivity index (χ0n) is 12.7. The Hall–Kier alpha value is -0.350. The summed E-state index contributed by atoms with van der Waals surface area (Å²) in [5.41, 5.74) is 5.47. The number of nitrogens with two attached hydrogens (primary N) is 1. The van der Waals surface area contributed by atoms with Gasteiger partial charge in [0.2, 0.25) is 0 Å². The Labute approximate surface area is 125 Å². The molecule has 3 nitrogen and oxygen atoms in total. The maximum absolute atomic E-state index is 5.47. The minimum absolute atomic E-state index is 0.792. The van der Waals surface area contributed by atoms with Crippen LogP contribution in [0.25, 0.3) is 0 Å². The van der Waals surface area contributed by atoms with Crippen LogP contribution in [0.1, 0.15) is 71.1 Å². The summed E-state index contributed by atoms with van der Waals surface area (Å²) in [6.07, 6.45) is 13.3. The number of thiocarbonyl (C=S) groups is 1. The summed E-state index contributed by atoms with van der Waals surface area (Å²) in [5, 5.41) is 7.11. The second kappa shape index (κ2) is 15.7. The van der Waals surface area contributed by atoms with Crippen molar-refractivity contribution < 1.29 is 0 Å². The monoisotopic (exact) mass is 287 g/mol.